The Morgan fingerprint density at radius 1 is 0.973 bits per heavy atom. The van der Waals surface area contributed by atoms with Crippen molar-refractivity contribution in [3.63, 3.8) is 0 Å². The van der Waals surface area contributed by atoms with Crippen LogP contribution in [-0.4, -0.2) is 66.0 Å². The minimum atomic E-state index is -3.81. The van der Waals surface area contributed by atoms with Crippen molar-refractivity contribution in [1.82, 2.24) is 19.7 Å². The molecule has 37 heavy (non-hydrogen) atoms. The molecule has 1 aliphatic rings. The molecule has 0 bridgehead atoms. The lowest BCUT2D eigenvalue weighted by atomic mass is 9.84. The Labute approximate surface area is 217 Å². The van der Waals surface area contributed by atoms with Gasteiger partial charge >= 0.3 is 0 Å². The summed E-state index contributed by atoms with van der Waals surface area (Å²) in [7, 11) is 0.736. The number of rotatable bonds is 10. The maximum atomic E-state index is 13.6. The zero-order chi connectivity index (χ0) is 26.6. The highest BCUT2D eigenvalue weighted by Crippen LogP contribution is 2.37. The van der Waals surface area contributed by atoms with Crippen molar-refractivity contribution < 1.29 is 27.7 Å². The monoisotopic (exact) mass is 530 g/mol. The second kappa shape index (κ2) is 11.5. The quantitative estimate of drug-likeness (QED) is 0.418. The third-order valence-electron chi connectivity index (χ3n) is 7.03. The summed E-state index contributed by atoms with van der Waals surface area (Å²) >= 11 is 0. The lowest BCUT2D eigenvalue weighted by molar-refractivity contribution is 0.0839. The van der Waals surface area contributed by atoms with E-state index in [-0.39, 0.29) is 11.7 Å². The number of hydrogen-bond acceptors (Lipinski definition) is 9. The summed E-state index contributed by atoms with van der Waals surface area (Å²) in [6.45, 7) is 1.57. The van der Waals surface area contributed by atoms with Crippen LogP contribution < -0.4 is 14.2 Å². The minimum Gasteiger partial charge on any atom is -0.494 e. The van der Waals surface area contributed by atoms with Crippen LogP contribution in [0.3, 0.4) is 0 Å². The molecule has 0 radical (unpaired) electrons. The fraction of sp³-hybridized carbons (Fsp3) is 0.500. The van der Waals surface area contributed by atoms with Crippen LogP contribution in [0.25, 0.3) is 17.2 Å². The first-order chi connectivity index (χ1) is 17.8. The van der Waals surface area contributed by atoms with Crippen molar-refractivity contribution in [2.45, 2.75) is 56.1 Å². The van der Waals surface area contributed by atoms with Crippen molar-refractivity contribution in [1.29, 1.82) is 0 Å². The van der Waals surface area contributed by atoms with Gasteiger partial charge in [-0.25, -0.2) is 13.4 Å². The molecule has 2 heterocycles. The van der Waals surface area contributed by atoms with Crippen LogP contribution in [0.2, 0.25) is 0 Å². The molecule has 4 rings (SSSR count). The van der Waals surface area contributed by atoms with E-state index in [1.165, 1.54) is 21.3 Å². The summed E-state index contributed by atoms with van der Waals surface area (Å²) in [4.78, 5) is 4.48. The maximum Gasteiger partial charge on any atom is 0.213 e. The summed E-state index contributed by atoms with van der Waals surface area (Å²) < 4.78 is 45.2. The summed E-state index contributed by atoms with van der Waals surface area (Å²) in [5, 5.41) is 18.6. The van der Waals surface area contributed by atoms with E-state index >= 15 is 0 Å². The average Bonchev–Trinajstić information content (AvgIpc) is 3.34. The average molecular weight is 531 g/mol. The number of aliphatic hydroxyl groups excluding tert-OH is 1. The van der Waals surface area contributed by atoms with Gasteiger partial charge in [0, 0.05) is 6.07 Å². The van der Waals surface area contributed by atoms with Gasteiger partial charge in [-0.3, -0.25) is 4.57 Å². The van der Waals surface area contributed by atoms with Gasteiger partial charge in [0.1, 0.15) is 28.6 Å². The highest BCUT2D eigenvalue weighted by Gasteiger charge is 2.36. The summed E-state index contributed by atoms with van der Waals surface area (Å²) in [5.74, 6) is 1.25. The zero-order valence-electron chi connectivity index (χ0n) is 21.6. The van der Waals surface area contributed by atoms with E-state index in [1.807, 2.05) is 0 Å². The van der Waals surface area contributed by atoms with Crippen LogP contribution in [-0.2, 0) is 15.6 Å². The standard InChI is InChI=1S/C26H34N4O6S/c1-17(25(31)18-10-6-5-7-11-18)37(32,33)16-22-28-29-26(19-12-8-15-23(27-19)36-4)30(22)24-20(34-2)13-9-14-21(24)35-3/h8-9,12-15,17-18,25,31H,5-7,10-11,16H2,1-4H3/t17-,25-/m0/s1. The Morgan fingerprint density at radius 3 is 2.24 bits per heavy atom. The van der Waals surface area contributed by atoms with Gasteiger partial charge in [0.15, 0.2) is 21.5 Å². The Balaban J connectivity index is 1.81. The van der Waals surface area contributed by atoms with Crippen molar-refractivity contribution >= 4 is 9.84 Å². The fourth-order valence-corrected chi connectivity index (χ4v) is 6.36. The van der Waals surface area contributed by atoms with Crippen molar-refractivity contribution in [2.24, 2.45) is 5.92 Å². The normalized spacial score (nSPS) is 16.2. The van der Waals surface area contributed by atoms with Crippen molar-refractivity contribution in [3.8, 4) is 34.6 Å². The fourth-order valence-electron chi connectivity index (χ4n) is 4.90. The molecule has 0 aliphatic heterocycles. The number of nitrogens with zero attached hydrogens (tertiary/aromatic N) is 4. The summed E-state index contributed by atoms with van der Waals surface area (Å²) in [6.07, 6.45) is 3.86. The molecular formula is C26H34N4O6S. The van der Waals surface area contributed by atoms with Crippen LogP contribution >= 0.6 is 0 Å². The number of pyridine rings is 1. The predicted octanol–water partition coefficient (Wildman–Crippen LogP) is 3.60. The topological polar surface area (TPSA) is 126 Å². The molecule has 1 saturated carbocycles. The number of sulfone groups is 1. The molecule has 1 N–H and O–H groups in total. The third-order valence-corrected chi connectivity index (χ3v) is 9.10. The second-order valence-electron chi connectivity index (χ2n) is 9.25. The van der Waals surface area contributed by atoms with Crippen molar-refractivity contribution in [3.05, 3.63) is 42.2 Å². The number of aromatic nitrogens is 4. The van der Waals surface area contributed by atoms with Gasteiger partial charge in [-0.15, -0.1) is 10.2 Å². The van der Waals surface area contributed by atoms with E-state index in [1.54, 1.807) is 47.9 Å². The zero-order valence-corrected chi connectivity index (χ0v) is 22.4. The molecule has 2 atom stereocenters. The Hall–Kier alpha value is -3.18. The van der Waals surface area contributed by atoms with E-state index in [4.69, 9.17) is 14.2 Å². The number of ether oxygens (including phenoxy) is 3. The van der Waals surface area contributed by atoms with Gasteiger partial charge in [0.2, 0.25) is 5.88 Å². The van der Waals surface area contributed by atoms with Gasteiger partial charge in [-0.2, -0.15) is 0 Å². The largest absolute Gasteiger partial charge is 0.494 e. The first kappa shape index (κ1) is 26.9. The molecule has 0 saturated heterocycles. The van der Waals surface area contributed by atoms with Crippen LogP contribution in [0.5, 0.6) is 17.4 Å². The Kier molecular flexibility index (Phi) is 8.33. The number of aliphatic hydroxyl groups is 1. The number of hydrogen-bond donors (Lipinski definition) is 1. The number of para-hydroxylation sites is 1. The highest BCUT2D eigenvalue weighted by molar-refractivity contribution is 7.91. The van der Waals surface area contributed by atoms with E-state index in [0.29, 0.717) is 34.6 Å². The van der Waals surface area contributed by atoms with Gasteiger partial charge in [-0.1, -0.05) is 31.4 Å². The van der Waals surface area contributed by atoms with Gasteiger partial charge in [0.05, 0.1) is 32.7 Å². The van der Waals surface area contributed by atoms with Crippen LogP contribution in [0.1, 0.15) is 44.9 Å². The van der Waals surface area contributed by atoms with Crippen LogP contribution in [0.15, 0.2) is 36.4 Å². The van der Waals surface area contributed by atoms with Gasteiger partial charge in [0.25, 0.3) is 0 Å². The lowest BCUT2D eigenvalue weighted by Gasteiger charge is -2.30. The number of benzene rings is 1. The van der Waals surface area contributed by atoms with E-state index in [0.717, 1.165) is 32.1 Å². The predicted molar refractivity (Wildman–Crippen MR) is 139 cm³/mol. The summed E-state index contributed by atoms with van der Waals surface area (Å²) in [6, 6.07) is 10.5. The van der Waals surface area contributed by atoms with Crippen LogP contribution in [0.4, 0.5) is 0 Å². The molecule has 200 valence electrons. The van der Waals surface area contributed by atoms with E-state index in [2.05, 4.69) is 15.2 Å². The number of methoxy groups -OCH3 is 3. The lowest BCUT2D eigenvalue weighted by Crippen LogP contribution is -2.39. The molecular weight excluding hydrogens is 496 g/mol. The van der Waals surface area contributed by atoms with Crippen molar-refractivity contribution in [2.75, 3.05) is 21.3 Å². The first-order valence-corrected chi connectivity index (χ1v) is 14.1. The molecule has 1 aliphatic carbocycles. The molecule has 1 aromatic carbocycles. The van der Waals surface area contributed by atoms with Gasteiger partial charge < -0.3 is 19.3 Å². The summed E-state index contributed by atoms with van der Waals surface area (Å²) in [5.41, 5.74) is 0.876. The SMILES string of the molecule is COc1cccc(-c2nnc(CS(=O)(=O)[C@@H](C)[C@H](O)C3CCCCC3)n2-c2c(OC)cccc2OC)n1. The first-order valence-electron chi connectivity index (χ1n) is 12.4. The highest BCUT2D eigenvalue weighted by atomic mass is 32.2. The second-order valence-corrected chi connectivity index (χ2v) is 11.6. The van der Waals surface area contributed by atoms with Gasteiger partial charge in [-0.05, 0) is 43.9 Å². The van der Waals surface area contributed by atoms with E-state index < -0.39 is 26.9 Å². The Morgan fingerprint density at radius 2 is 1.62 bits per heavy atom. The third kappa shape index (κ3) is 5.57. The molecule has 0 amide bonds. The molecule has 10 nitrogen and oxygen atoms in total. The Bertz CT molecular complexity index is 1300. The molecule has 0 spiro atoms. The molecule has 1 fully saturated rings. The smallest absolute Gasteiger partial charge is 0.213 e. The minimum absolute atomic E-state index is 0.0257. The van der Waals surface area contributed by atoms with E-state index in [9.17, 15) is 13.5 Å². The van der Waals surface area contributed by atoms with Crippen LogP contribution in [0, 0.1) is 5.92 Å². The molecule has 3 aromatic rings. The molecule has 2 aromatic heterocycles. The molecule has 0 unspecified atom stereocenters. The maximum absolute atomic E-state index is 13.6. The molecule has 11 heteroatoms.